The highest BCUT2D eigenvalue weighted by Gasteiger charge is 2.09. The van der Waals surface area contributed by atoms with Gasteiger partial charge < -0.3 is 14.1 Å². The summed E-state index contributed by atoms with van der Waals surface area (Å²) in [6.07, 6.45) is 1.92. The summed E-state index contributed by atoms with van der Waals surface area (Å²) in [4.78, 5) is 3.08. The molecule has 3 aromatic rings. The maximum atomic E-state index is 5.33. The van der Waals surface area contributed by atoms with Crippen LogP contribution in [0.1, 0.15) is 11.5 Å². The summed E-state index contributed by atoms with van der Waals surface area (Å²) in [5.41, 5.74) is 3.03. The number of benzene rings is 1. The molecule has 4 nitrogen and oxygen atoms in total. The molecule has 1 aromatic carbocycles. The van der Waals surface area contributed by atoms with Gasteiger partial charge in [-0.3, -0.25) is 0 Å². The summed E-state index contributed by atoms with van der Waals surface area (Å²) in [5.74, 6) is 0.804. The van der Waals surface area contributed by atoms with Gasteiger partial charge in [-0.05, 0) is 24.7 Å². The third-order valence-corrected chi connectivity index (χ3v) is 3.27. The van der Waals surface area contributed by atoms with Crippen LogP contribution in [0.15, 0.2) is 47.1 Å². The summed E-state index contributed by atoms with van der Waals surface area (Å²) in [6.45, 7) is 2.48. The molecule has 0 aliphatic carbocycles. The summed E-state index contributed by atoms with van der Waals surface area (Å²) >= 11 is 5.33. The fourth-order valence-corrected chi connectivity index (χ4v) is 2.28. The Morgan fingerprint density at radius 2 is 2.11 bits per heavy atom. The Balaban J connectivity index is 2.02. The van der Waals surface area contributed by atoms with Crippen molar-refractivity contribution < 1.29 is 4.52 Å². The molecule has 2 aromatic heterocycles. The SMILES string of the molecule is Cc1cc(Cn2c(-c3ccccc3)c[nH]c2=S)no1. The van der Waals surface area contributed by atoms with Crippen LogP contribution in [0, 0.1) is 11.7 Å². The van der Waals surface area contributed by atoms with E-state index in [4.69, 9.17) is 16.7 Å². The van der Waals surface area contributed by atoms with Crippen molar-refractivity contribution in [3.05, 3.63) is 58.8 Å². The molecular formula is C14H13N3OS. The Hall–Kier alpha value is -2.14. The Labute approximate surface area is 115 Å². The Kier molecular flexibility index (Phi) is 3.05. The smallest absolute Gasteiger partial charge is 0.177 e. The predicted molar refractivity (Wildman–Crippen MR) is 75.4 cm³/mol. The molecule has 0 spiro atoms. The van der Waals surface area contributed by atoms with Crippen molar-refractivity contribution in [3.8, 4) is 11.3 Å². The van der Waals surface area contributed by atoms with Crippen molar-refractivity contribution in [2.45, 2.75) is 13.5 Å². The largest absolute Gasteiger partial charge is 0.361 e. The molecule has 0 atom stereocenters. The first kappa shape index (κ1) is 11.9. The molecule has 1 N–H and O–H groups in total. The maximum absolute atomic E-state index is 5.33. The van der Waals surface area contributed by atoms with Crippen LogP contribution in [0.3, 0.4) is 0 Å². The van der Waals surface area contributed by atoms with E-state index in [1.165, 1.54) is 0 Å². The van der Waals surface area contributed by atoms with Crippen LogP contribution in [-0.4, -0.2) is 14.7 Å². The molecule has 5 heteroatoms. The number of nitrogens with zero attached hydrogens (tertiary/aromatic N) is 2. The number of aryl methyl sites for hydroxylation is 1. The predicted octanol–water partition coefficient (Wildman–Crippen LogP) is 3.56. The van der Waals surface area contributed by atoms with E-state index in [1.807, 2.05) is 42.0 Å². The molecule has 0 saturated heterocycles. The molecular weight excluding hydrogens is 258 g/mol. The second-order valence-corrected chi connectivity index (χ2v) is 4.75. The van der Waals surface area contributed by atoms with E-state index in [-0.39, 0.29) is 0 Å². The van der Waals surface area contributed by atoms with E-state index in [0.717, 1.165) is 22.7 Å². The standard InChI is InChI=1S/C14H13N3OS/c1-10-7-12(16-18-10)9-17-13(8-15-14(17)19)11-5-3-2-4-6-11/h2-8H,9H2,1H3,(H,15,19). The van der Waals surface area contributed by atoms with Gasteiger partial charge in [-0.2, -0.15) is 0 Å². The summed E-state index contributed by atoms with van der Waals surface area (Å²) in [7, 11) is 0. The molecule has 19 heavy (non-hydrogen) atoms. The van der Waals surface area contributed by atoms with E-state index >= 15 is 0 Å². The molecule has 0 fully saturated rings. The third kappa shape index (κ3) is 2.37. The van der Waals surface area contributed by atoms with Crippen molar-refractivity contribution in [2.75, 3.05) is 0 Å². The van der Waals surface area contributed by atoms with Gasteiger partial charge >= 0.3 is 0 Å². The van der Waals surface area contributed by atoms with Crippen LogP contribution < -0.4 is 0 Å². The minimum atomic E-state index is 0.601. The van der Waals surface area contributed by atoms with Gasteiger partial charge in [0.25, 0.3) is 0 Å². The first-order valence-electron chi connectivity index (χ1n) is 6.00. The van der Waals surface area contributed by atoms with Crippen LogP contribution >= 0.6 is 12.2 Å². The zero-order chi connectivity index (χ0) is 13.2. The molecule has 0 aliphatic heterocycles. The molecule has 0 aliphatic rings. The van der Waals surface area contributed by atoms with E-state index in [0.29, 0.717) is 11.3 Å². The van der Waals surface area contributed by atoms with Crippen LogP contribution in [0.5, 0.6) is 0 Å². The quantitative estimate of drug-likeness (QED) is 0.741. The minimum Gasteiger partial charge on any atom is -0.361 e. The van der Waals surface area contributed by atoms with Crippen molar-refractivity contribution in [2.24, 2.45) is 0 Å². The highest BCUT2D eigenvalue weighted by Crippen LogP contribution is 2.20. The highest BCUT2D eigenvalue weighted by molar-refractivity contribution is 7.71. The number of imidazole rings is 1. The van der Waals surface area contributed by atoms with E-state index in [2.05, 4.69) is 22.3 Å². The second kappa shape index (κ2) is 4.85. The van der Waals surface area contributed by atoms with Crippen molar-refractivity contribution in [1.82, 2.24) is 14.7 Å². The molecule has 0 saturated carbocycles. The van der Waals surface area contributed by atoms with E-state index in [1.54, 1.807) is 0 Å². The van der Waals surface area contributed by atoms with Gasteiger partial charge in [-0.15, -0.1) is 0 Å². The number of aromatic amines is 1. The summed E-state index contributed by atoms with van der Waals surface area (Å²) in [5, 5.41) is 4.01. The zero-order valence-electron chi connectivity index (χ0n) is 10.5. The van der Waals surface area contributed by atoms with Gasteiger partial charge in [0.2, 0.25) is 0 Å². The lowest BCUT2D eigenvalue weighted by atomic mass is 10.2. The summed E-state index contributed by atoms with van der Waals surface area (Å²) < 4.78 is 7.79. The molecule has 0 radical (unpaired) electrons. The number of nitrogens with one attached hydrogen (secondary N) is 1. The Morgan fingerprint density at radius 3 is 2.79 bits per heavy atom. The number of hydrogen-bond acceptors (Lipinski definition) is 3. The Morgan fingerprint density at radius 1 is 1.32 bits per heavy atom. The van der Waals surface area contributed by atoms with E-state index in [9.17, 15) is 0 Å². The van der Waals surface area contributed by atoms with Gasteiger partial charge in [-0.25, -0.2) is 0 Å². The molecule has 3 rings (SSSR count). The minimum absolute atomic E-state index is 0.601. The average molecular weight is 271 g/mol. The molecule has 2 heterocycles. The topological polar surface area (TPSA) is 46.8 Å². The van der Waals surface area contributed by atoms with Crippen molar-refractivity contribution in [1.29, 1.82) is 0 Å². The lowest BCUT2D eigenvalue weighted by molar-refractivity contribution is 0.389. The van der Waals surface area contributed by atoms with Gasteiger partial charge in [-0.1, -0.05) is 35.5 Å². The van der Waals surface area contributed by atoms with E-state index < -0.39 is 0 Å². The van der Waals surface area contributed by atoms with Gasteiger partial charge in [0.05, 0.1) is 12.2 Å². The normalized spacial score (nSPS) is 10.8. The summed E-state index contributed by atoms with van der Waals surface area (Å²) in [6, 6.07) is 12.1. The molecule has 96 valence electrons. The lowest BCUT2D eigenvalue weighted by Gasteiger charge is -2.06. The lowest BCUT2D eigenvalue weighted by Crippen LogP contribution is -2.02. The average Bonchev–Trinajstić information content (AvgIpc) is 2.99. The Bertz CT molecular complexity index is 739. The van der Waals surface area contributed by atoms with Gasteiger partial charge in [0.1, 0.15) is 11.5 Å². The van der Waals surface area contributed by atoms with Crippen LogP contribution in [0.4, 0.5) is 0 Å². The molecule has 0 amide bonds. The zero-order valence-corrected chi connectivity index (χ0v) is 11.3. The van der Waals surface area contributed by atoms with Gasteiger partial charge in [0.15, 0.2) is 4.77 Å². The third-order valence-electron chi connectivity index (χ3n) is 2.93. The number of hydrogen-bond donors (Lipinski definition) is 1. The monoisotopic (exact) mass is 271 g/mol. The molecule has 0 unspecified atom stereocenters. The fraction of sp³-hybridized carbons (Fsp3) is 0.143. The number of aromatic nitrogens is 3. The van der Waals surface area contributed by atoms with Crippen LogP contribution in [0.25, 0.3) is 11.3 Å². The number of rotatable bonds is 3. The fourth-order valence-electron chi connectivity index (χ4n) is 2.05. The molecule has 0 bridgehead atoms. The number of H-pyrrole nitrogens is 1. The maximum Gasteiger partial charge on any atom is 0.177 e. The van der Waals surface area contributed by atoms with Crippen molar-refractivity contribution in [3.63, 3.8) is 0 Å². The van der Waals surface area contributed by atoms with Crippen LogP contribution in [0.2, 0.25) is 0 Å². The van der Waals surface area contributed by atoms with Crippen molar-refractivity contribution >= 4 is 12.2 Å². The first-order chi connectivity index (χ1) is 9.24. The van der Waals surface area contributed by atoms with Gasteiger partial charge in [0, 0.05) is 12.3 Å². The first-order valence-corrected chi connectivity index (χ1v) is 6.41. The van der Waals surface area contributed by atoms with Crippen LogP contribution in [-0.2, 0) is 6.54 Å². The highest BCUT2D eigenvalue weighted by atomic mass is 32.1. The second-order valence-electron chi connectivity index (χ2n) is 4.36.